The third-order valence-corrected chi connectivity index (χ3v) is 4.29. The number of anilines is 2. The summed E-state index contributed by atoms with van der Waals surface area (Å²) in [7, 11) is 0. The number of hydrogen-bond donors (Lipinski definition) is 1. The highest BCUT2D eigenvalue weighted by Gasteiger charge is 2.15. The molecule has 0 aliphatic rings. The van der Waals surface area contributed by atoms with Crippen LogP contribution in [0.3, 0.4) is 0 Å². The van der Waals surface area contributed by atoms with E-state index in [2.05, 4.69) is 15.3 Å². The first-order valence-electron chi connectivity index (χ1n) is 5.99. The van der Waals surface area contributed by atoms with Gasteiger partial charge < -0.3 is 5.32 Å². The van der Waals surface area contributed by atoms with Crippen LogP contribution in [-0.2, 0) is 0 Å². The third kappa shape index (κ3) is 2.02. The highest BCUT2D eigenvalue weighted by atomic mass is 32.1. The van der Waals surface area contributed by atoms with Crippen LogP contribution in [0.4, 0.5) is 20.3 Å². The molecule has 2 aromatic heterocycles. The van der Waals surface area contributed by atoms with E-state index in [1.165, 1.54) is 35.9 Å². The third-order valence-electron chi connectivity index (χ3n) is 3.17. The van der Waals surface area contributed by atoms with Gasteiger partial charge in [0.05, 0.1) is 5.39 Å². The van der Waals surface area contributed by atoms with E-state index in [1.807, 2.05) is 13.8 Å². The van der Waals surface area contributed by atoms with E-state index in [1.54, 1.807) is 0 Å². The first kappa shape index (κ1) is 12.9. The van der Waals surface area contributed by atoms with Gasteiger partial charge in [0.25, 0.3) is 0 Å². The van der Waals surface area contributed by atoms with Crippen molar-refractivity contribution in [3.8, 4) is 0 Å². The number of benzene rings is 1. The molecule has 102 valence electrons. The van der Waals surface area contributed by atoms with Crippen molar-refractivity contribution in [3.63, 3.8) is 0 Å². The van der Waals surface area contributed by atoms with E-state index >= 15 is 0 Å². The lowest BCUT2D eigenvalue weighted by Crippen LogP contribution is -2.00. The van der Waals surface area contributed by atoms with Gasteiger partial charge in [-0.05, 0) is 31.5 Å². The summed E-state index contributed by atoms with van der Waals surface area (Å²) in [4.78, 5) is 10.2. The normalized spacial score (nSPS) is 11.0. The number of aryl methyl sites for hydroxylation is 2. The van der Waals surface area contributed by atoms with Crippen LogP contribution in [0.5, 0.6) is 0 Å². The fourth-order valence-electron chi connectivity index (χ4n) is 2.01. The summed E-state index contributed by atoms with van der Waals surface area (Å²) in [6.45, 7) is 3.93. The molecule has 0 saturated heterocycles. The molecular weight excluding hydrogens is 280 g/mol. The number of thiophene rings is 1. The lowest BCUT2D eigenvalue weighted by molar-refractivity contribution is 0.590. The molecule has 0 aliphatic carbocycles. The molecule has 0 bridgehead atoms. The zero-order chi connectivity index (χ0) is 14.3. The van der Waals surface area contributed by atoms with Crippen molar-refractivity contribution in [1.29, 1.82) is 0 Å². The average molecular weight is 291 g/mol. The van der Waals surface area contributed by atoms with Crippen LogP contribution in [-0.4, -0.2) is 9.97 Å². The minimum Gasteiger partial charge on any atom is -0.335 e. The van der Waals surface area contributed by atoms with Crippen LogP contribution >= 0.6 is 11.3 Å². The fraction of sp³-hybridized carbons (Fsp3) is 0.143. The Balaban J connectivity index is 2.16. The maximum absolute atomic E-state index is 13.7. The molecule has 3 aromatic rings. The van der Waals surface area contributed by atoms with Gasteiger partial charge in [-0.3, -0.25) is 0 Å². The zero-order valence-electron chi connectivity index (χ0n) is 10.9. The van der Waals surface area contributed by atoms with E-state index in [9.17, 15) is 8.78 Å². The van der Waals surface area contributed by atoms with Crippen molar-refractivity contribution in [2.24, 2.45) is 0 Å². The summed E-state index contributed by atoms with van der Waals surface area (Å²) in [5.41, 5.74) is 0.820. The molecule has 0 radical (unpaired) electrons. The molecule has 2 heterocycles. The predicted octanol–water partition coefficient (Wildman–Crippen LogP) is 4.33. The highest BCUT2D eigenvalue weighted by Crippen LogP contribution is 2.34. The zero-order valence-corrected chi connectivity index (χ0v) is 11.7. The van der Waals surface area contributed by atoms with Gasteiger partial charge >= 0.3 is 0 Å². The molecule has 3 rings (SSSR count). The van der Waals surface area contributed by atoms with Gasteiger partial charge in [0.15, 0.2) is 0 Å². The van der Waals surface area contributed by atoms with Gasteiger partial charge in [-0.15, -0.1) is 11.3 Å². The number of nitrogens with zero attached hydrogens (tertiary/aromatic N) is 2. The molecule has 0 aliphatic heterocycles. The molecule has 1 aromatic carbocycles. The standard InChI is InChI=1S/C14H11F2N3S/c1-7-8(2)20-14-11(7)13(17-6-18-14)19-12-9(15)4-3-5-10(12)16/h3-6H,1-2H3,(H,17,18,19). The van der Waals surface area contributed by atoms with Crippen molar-refractivity contribution in [2.45, 2.75) is 13.8 Å². The average Bonchev–Trinajstić information content (AvgIpc) is 2.71. The van der Waals surface area contributed by atoms with Crippen molar-refractivity contribution in [3.05, 3.63) is 46.6 Å². The molecule has 20 heavy (non-hydrogen) atoms. The first-order chi connectivity index (χ1) is 9.58. The van der Waals surface area contributed by atoms with Crippen LogP contribution in [0.2, 0.25) is 0 Å². The number of halogens is 2. The molecule has 0 atom stereocenters. The van der Waals surface area contributed by atoms with Crippen LogP contribution in [0.15, 0.2) is 24.5 Å². The number of nitrogens with one attached hydrogen (secondary N) is 1. The minimum absolute atomic E-state index is 0.198. The molecule has 3 nitrogen and oxygen atoms in total. The quantitative estimate of drug-likeness (QED) is 0.763. The largest absolute Gasteiger partial charge is 0.335 e. The molecule has 0 saturated carbocycles. The Kier molecular flexibility index (Phi) is 3.10. The van der Waals surface area contributed by atoms with E-state index < -0.39 is 11.6 Å². The second-order valence-electron chi connectivity index (χ2n) is 4.41. The Morgan fingerprint density at radius 2 is 1.80 bits per heavy atom. The van der Waals surface area contributed by atoms with Crippen LogP contribution in [0, 0.1) is 25.5 Å². The summed E-state index contributed by atoms with van der Waals surface area (Å²) in [5, 5.41) is 3.55. The van der Waals surface area contributed by atoms with Gasteiger partial charge in [0.1, 0.15) is 34.3 Å². The molecular formula is C14H11F2N3S. The fourth-order valence-corrected chi connectivity index (χ4v) is 3.01. The van der Waals surface area contributed by atoms with Gasteiger partial charge in [0.2, 0.25) is 0 Å². The molecule has 0 fully saturated rings. The maximum atomic E-state index is 13.7. The van der Waals surface area contributed by atoms with E-state index in [4.69, 9.17) is 0 Å². The van der Waals surface area contributed by atoms with Crippen LogP contribution in [0.25, 0.3) is 10.2 Å². The lowest BCUT2D eigenvalue weighted by Gasteiger charge is -2.09. The topological polar surface area (TPSA) is 37.8 Å². The van der Waals surface area contributed by atoms with Crippen molar-refractivity contribution in [2.75, 3.05) is 5.32 Å². The lowest BCUT2D eigenvalue weighted by atomic mass is 10.2. The Morgan fingerprint density at radius 1 is 1.10 bits per heavy atom. The number of para-hydroxylation sites is 1. The van der Waals surface area contributed by atoms with Gasteiger partial charge in [-0.2, -0.15) is 0 Å². The summed E-state index contributed by atoms with van der Waals surface area (Å²) in [6.07, 6.45) is 1.39. The van der Waals surface area contributed by atoms with Crippen molar-refractivity contribution < 1.29 is 8.78 Å². The molecule has 0 amide bonds. The first-order valence-corrected chi connectivity index (χ1v) is 6.81. The number of hydrogen-bond acceptors (Lipinski definition) is 4. The Hall–Kier alpha value is -2.08. The number of aromatic nitrogens is 2. The summed E-state index contributed by atoms with van der Waals surface area (Å²) in [6, 6.07) is 3.73. The van der Waals surface area contributed by atoms with Crippen LogP contribution in [0.1, 0.15) is 10.4 Å². The number of fused-ring (bicyclic) bond motifs is 1. The van der Waals surface area contributed by atoms with Gasteiger partial charge in [0, 0.05) is 4.88 Å². The molecule has 0 spiro atoms. The van der Waals surface area contributed by atoms with Crippen molar-refractivity contribution in [1.82, 2.24) is 9.97 Å². The Morgan fingerprint density at radius 3 is 2.50 bits per heavy atom. The molecule has 0 unspecified atom stereocenters. The van der Waals surface area contributed by atoms with E-state index in [-0.39, 0.29) is 5.69 Å². The van der Waals surface area contributed by atoms with Gasteiger partial charge in [-0.25, -0.2) is 18.7 Å². The Labute approximate surface area is 118 Å². The maximum Gasteiger partial charge on any atom is 0.149 e. The highest BCUT2D eigenvalue weighted by molar-refractivity contribution is 7.18. The van der Waals surface area contributed by atoms with Crippen LogP contribution < -0.4 is 5.32 Å². The molecule has 1 N–H and O–H groups in total. The van der Waals surface area contributed by atoms with E-state index in [0.717, 1.165) is 20.7 Å². The predicted molar refractivity (Wildman–Crippen MR) is 76.5 cm³/mol. The summed E-state index contributed by atoms with van der Waals surface area (Å²) in [5.74, 6) is -0.886. The summed E-state index contributed by atoms with van der Waals surface area (Å²) < 4.78 is 27.4. The SMILES string of the molecule is Cc1sc2ncnc(Nc3c(F)cccc3F)c2c1C. The summed E-state index contributed by atoms with van der Waals surface area (Å²) >= 11 is 1.53. The molecule has 6 heteroatoms. The smallest absolute Gasteiger partial charge is 0.149 e. The van der Waals surface area contributed by atoms with Crippen molar-refractivity contribution >= 4 is 33.1 Å². The second-order valence-corrected chi connectivity index (χ2v) is 5.61. The Bertz CT molecular complexity index is 778. The van der Waals surface area contributed by atoms with E-state index in [0.29, 0.717) is 5.82 Å². The monoisotopic (exact) mass is 291 g/mol. The van der Waals surface area contributed by atoms with Gasteiger partial charge in [-0.1, -0.05) is 6.07 Å². The minimum atomic E-state index is -0.652. The number of rotatable bonds is 2. The second kappa shape index (κ2) is 4.79.